The molecule has 4 rings (SSSR count). The van der Waals surface area contributed by atoms with Gasteiger partial charge in [0.1, 0.15) is 11.7 Å². The Balaban J connectivity index is 1.38. The van der Waals surface area contributed by atoms with Gasteiger partial charge in [0.05, 0.1) is 10.9 Å². The van der Waals surface area contributed by atoms with E-state index in [0.717, 1.165) is 38.5 Å². The van der Waals surface area contributed by atoms with Crippen LogP contribution in [-0.2, 0) is 10.0 Å². The highest BCUT2D eigenvalue weighted by Gasteiger charge is 2.30. The molecule has 0 aliphatic carbocycles. The second kappa shape index (κ2) is 7.28. The molecule has 2 aromatic rings. The Labute approximate surface area is 159 Å². The maximum Gasteiger partial charge on any atom is 0.263 e. The van der Waals surface area contributed by atoms with Crippen LogP contribution < -0.4 is 9.62 Å². The fourth-order valence-electron chi connectivity index (χ4n) is 3.56. The number of piperazine rings is 1. The summed E-state index contributed by atoms with van der Waals surface area (Å²) in [6, 6.07) is 12.9. The van der Waals surface area contributed by atoms with Gasteiger partial charge in [-0.2, -0.15) is 0 Å². The minimum Gasteiger partial charge on any atom is -0.354 e. The first-order chi connectivity index (χ1) is 13.0. The van der Waals surface area contributed by atoms with E-state index in [0.29, 0.717) is 16.3 Å². The van der Waals surface area contributed by atoms with Crippen LogP contribution in [0, 0.1) is 0 Å². The van der Waals surface area contributed by atoms with E-state index in [4.69, 9.17) is 0 Å². The van der Waals surface area contributed by atoms with Crippen LogP contribution in [0.15, 0.2) is 58.5 Å². The maximum atomic E-state index is 12.2. The maximum absolute atomic E-state index is 12.2. The molecule has 3 heterocycles. The van der Waals surface area contributed by atoms with Gasteiger partial charge in [-0.05, 0) is 31.2 Å². The number of aliphatic imine (C=N–C) groups is 1. The minimum absolute atomic E-state index is 0.00439. The molecular formula is C19H23N5O2S. The van der Waals surface area contributed by atoms with E-state index in [-0.39, 0.29) is 6.04 Å². The van der Waals surface area contributed by atoms with E-state index in [9.17, 15) is 8.42 Å². The molecule has 1 aromatic carbocycles. The Kier molecular flexibility index (Phi) is 4.84. The first-order valence-electron chi connectivity index (χ1n) is 9.11. The second-order valence-corrected chi connectivity index (χ2v) is 8.55. The molecular weight excluding hydrogens is 362 g/mol. The molecule has 1 unspecified atom stereocenters. The summed E-state index contributed by atoms with van der Waals surface area (Å²) < 4.78 is 27.0. The van der Waals surface area contributed by atoms with E-state index in [2.05, 4.69) is 24.5 Å². The molecule has 1 N–H and O–H groups in total. The zero-order valence-corrected chi connectivity index (χ0v) is 16.1. The van der Waals surface area contributed by atoms with Gasteiger partial charge in [0.15, 0.2) is 0 Å². The third-order valence-electron chi connectivity index (χ3n) is 4.88. The highest BCUT2D eigenvalue weighted by molar-refractivity contribution is 7.90. The number of hydrogen-bond donors (Lipinski definition) is 1. The predicted molar refractivity (Wildman–Crippen MR) is 106 cm³/mol. The molecule has 1 aromatic heterocycles. The van der Waals surface area contributed by atoms with E-state index in [1.807, 2.05) is 37.4 Å². The Morgan fingerprint density at radius 3 is 2.59 bits per heavy atom. The summed E-state index contributed by atoms with van der Waals surface area (Å²) in [4.78, 5) is 14.0. The minimum atomic E-state index is -3.48. The molecule has 7 nitrogen and oxygen atoms in total. The van der Waals surface area contributed by atoms with Crippen molar-refractivity contribution < 1.29 is 8.42 Å². The SMILES string of the molecule is CC(CN1CCN(c2ccccn2)CC1)N=C1NS(=O)(=O)c2ccccc21. The van der Waals surface area contributed by atoms with Gasteiger partial charge in [-0.1, -0.05) is 18.2 Å². The third-order valence-corrected chi connectivity index (χ3v) is 6.28. The summed E-state index contributed by atoms with van der Waals surface area (Å²) in [5.41, 5.74) is 0.657. The lowest BCUT2D eigenvalue weighted by molar-refractivity contribution is 0.247. The molecule has 1 atom stereocenters. The number of pyridine rings is 1. The zero-order chi connectivity index (χ0) is 18.9. The van der Waals surface area contributed by atoms with Crippen LogP contribution in [0.2, 0.25) is 0 Å². The highest BCUT2D eigenvalue weighted by Crippen LogP contribution is 2.22. The van der Waals surface area contributed by atoms with Gasteiger partial charge in [0, 0.05) is 44.5 Å². The number of fused-ring (bicyclic) bond motifs is 1. The summed E-state index contributed by atoms with van der Waals surface area (Å²) in [5.74, 6) is 1.47. The smallest absolute Gasteiger partial charge is 0.263 e. The van der Waals surface area contributed by atoms with E-state index >= 15 is 0 Å². The van der Waals surface area contributed by atoms with Gasteiger partial charge in [0.25, 0.3) is 10.0 Å². The van der Waals surface area contributed by atoms with Crippen LogP contribution in [0.4, 0.5) is 5.82 Å². The van der Waals surface area contributed by atoms with E-state index < -0.39 is 10.0 Å². The van der Waals surface area contributed by atoms with Crippen molar-refractivity contribution in [2.75, 3.05) is 37.6 Å². The van der Waals surface area contributed by atoms with Crippen LogP contribution in [0.1, 0.15) is 12.5 Å². The number of anilines is 1. The average molecular weight is 385 g/mol. The molecule has 1 fully saturated rings. The van der Waals surface area contributed by atoms with Crippen molar-refractivity contribution in [3.05, 3.63) is 54.2 Å². The number of amidine groups is 1. The van der Waals surface area contributed by atoms with Crippen molar-refractivity contribution in [2.24, 2.45) is 4.99 Å². The van der Waals surface area contributed by atoms with Crippen molar-refractivity contribution >= 4 is 21.7 Å². The Bertz CT molecular complexity index is 938. The standard InChI is InChI=1S/C19H23N5O2S/c1-15(21-19-16-6-2-3-7-17(16)27(25,26)22-19)14-23-10-12-24(13-11-23)18-8-4-5-9-20-18/h2-9,15H,10-14H2,1H3,(H,21,22). The number of benzene rings is 1. The van der Waals surface area contributed by atoms with E-state index in [1.54, 1.807) is 18.2 Å². The fourth-order valence-corrected chi connectivity index (χ4v) is 4.80. The summed E-state index contributed by atoms with van der Waals surface area (Å²) in [5, 5.41) is 0. The Morgan fingerprint density at radius 1 is 1.11 bits per heavy atom. The molecule has 0 spiro atoms. The largest absolute Gasteiger partial charge is 0.354 e. The number of nitrogens with one attached hydrogen (secondary N) is 1. The van der Waals surface area contributed by atoms with Crippen molar-refractivity contribution in [1.29, 1.82) is 0 Å². The summed E-state index contributed by atoms with van der Waals surface area (Å²) in [7, 11) is -3.48. The topological polar surface area (TPSA) is 77.9 Å². The lowest BCUT2D eigenvalue weighted by Gasteiger charge is -2.36. The molecule has 0 amide bonds. The molecule has 27 heavy (non-hydrogen) atoms. The summed E-state index contributed by atoms with van der Waals surface area (Å²) >= 11 is 0. The monoisotopic (exact) mass is 385 g/mol. The van der Waals surface area contributed by atoms with Gasteiger partial charge < -0.3 is 4.90 Å². The lowest BCUT2D eigenvalue weighted by atomic mass is 10.2. The van der Waals surface area contributed by atoms with Crippen LogP contribution in [-0.4, -0.2) is 62.9 Å². The molecule has 0 saturated carbocycles. The van der Waals surface area contributed by atoms with Gasteiger partial charge >= 0.3 is 0 Å². The average Bonchev–Trinajstić information content (AvgIpc) is 2.93. The quantitative estimate of drug-likeness (QED) is 0.859. The Hall–Kier alpha value is -2.45. The number of sulfonamides is 1. The zero-order valence-electron chi connectivity index (χ0n) is 15.2. The van der Waals surface area contributed by atoms with Gasteiger partial charge in [-0.15, -0.1) is 0 Å². The van der Waals surface area contributed by atoms with Crippen molar-refractivity contribution in [3.8, 4) is 0 Å². The van der Waals surface area contributed by atoms with Gasteiger partial charge in [-0.25, -0.2) is 13.4 Å². The normalized spacial score (nSPS) is 21.7. The van der Waals surface area contributed by atoms with Crippen LogP contribution in [0.25, 0.3) is 0 Å². The number of aromatic nitrogens is 1. The Morgan fingerprint density at radius 2 is 1.85 bits per heavy atom. The number of rotatable bonds is 4. The highest BCUT2D eigenvalue weighted by atomic mass is 32.2. The van der Waals surface area contributed by atoms with Crippen molar-refractivity contribution in [3.63, 3.8) is 0 Å². The third kappa shape index (κ3) is 3.81. The fraction of sp³-hybridized carbons (Fsp3) is 0.368. The van der Waals surface area contributed by atoms with Crippen LogP contribution >= 0.6 is 0 Å². The molecule has 1 saturated heterocycles. The van der Waals surface area contributed by atoms with Crippen LogP contribution in [0.5, 0.6) is 0 Å². The summed E-state index contributed by atoms with van der Waals surface area (Å²) in [6.07, 6.45) is 1.82. The van der Waals surface area contributed by atoms with E-state index in [1.165, 1.54) is 0 Å². The van der Waals surface area contributed by atoms with Crippen molar-refractivity contribution in [1.82, 2.24) is 14.6 Å². The molecule has 2 aliphatic heterocycles. The molecule has 0 bridgehead atoms. The molecule has 2 aliphatic rings. The molecule has 142 valence electrons. The second-order valence-electron chi connectivity index (χ2n) is 6.90. The van der Waals surface area contributed by atoms with Crippen LogP contribution in [0.3, 0.4) is 0 Å². The lowest BCUT2D eigenvalue weighted by Crippen LogP contribution is -2.48. The van der Waals surface area contributed by atoms with Gasteiger partial charge in [0.2, 0.25) is 0 Å². The number of nitrogens with zero attached hydrogens (tertiary/aromatic N) is 4. The van der Waals surface area contributed by atoms with Crippen molar-refractivity contribution in [2.45, 2.75) is 17.9 Å². The summed E-state index contributed by atoms with van der Waals surface area (Å²) in [6.45, 7) is 6.55. The molecule has 8 heteroatoms. The first-order valence-corrected chi connectivity index (χ1v) is 10.6. The predicted octanol–water partition coefficient (Wildman–Crippen LogP) is 1.33. The molecule has 0 radical (unpaired) electrons. The number of hydrogen-bond acceptors (Lipinski definition) is 6. The first kappa shape index (κ1) is 17.9. The van der Waals surface area contributed by atoms with Gasteiger partial charge in [-0.3, -0.25) is 14.6 Å².